The van der Waals surface area contributed by atoms with E-state index in [0.717, 1.165) is 167 Å². The van der Waals surface area contributed by atoms with Gasteiger partial charge in [0.15, 0.2) is 6.10 Å². The summed E-state index contributed by atoms with van der Waals surface area (Å²) in [6.45, 7) is 2.49. The van der Waals surface area contributed by atoms with Crippen LogP contribution in [-0.2, 0) is 55.8 Å². The predicted octanol–water partition coefficient (Wildman–Crippen LogP) is 32.3. The van der Waals surface area contributed by atoms with Crippen molar-refractivity contribution in [2.45, 2.75) is 450 Å². The summed E-state index contributed by atoms with van der Waals surface area (Å²) in [4.78, 5) is 59.2. The lowest BCUT2D eigenvalue weighted by Gasteiger charge is -2.21. The molecule has 5 unspecified atom stereocenters. The van der Waals surface area contributed by atoms with E-state index in [2.05, 4.69) is 203 Å². The second kappa shape index (κ2) is 99.7. The van der Waals surface area contributed by atoms with Gasteiger partial charge in [-0.1, -0.05) is 434 Å². The summed E-state index contributed by atoms with van der Waals surface area (Å²) in [6.07, 6.45) is 132. The Hall–Kier alpha value is -5.35. The van der Waals surface area contributed by atoms with E-state index in [1.54, 1.807) is 0 Å². The quantitative estimate of drug-likeness (QED) is 0.0146. The molecule has 0 saturated carbocycles. The van der Waals surface area contributed by atoms with E-state index in [4.69, 9.17) is 32.3 Å². The third-order valence-electron chi connectivity index (χ3n) is 21.6. The second-order valence-electron chi connectivity index (χ2n) is 33.9. The van der Waals surface area contributed by atoms with Crippen LogP contribution in [0.15, 0.2) is 182 Å². The molecule has 18 heteroatoms. The number of esters is 3. The number of phosphoric acid groups is 2. The number of ether oxygens (including phenoxy) is 3. The molecule has 0 bridgehead atoms. The highest BCUT2D eigenvalue weighted by molar-refractivity contribution is 7.47. The molecule has 0 aromatic heterocycles. The summed E-state index contributed by atoms with van der Waals surface area (Å²) >= 11 is 0. The number of carbonyl (C=O) groups excluding carboxylic acids is 3. The van der Waals surface area contributed by atoms with Gasteiger partial charge in [0.1, 0.15) is 25.4 Å². The first-order chi connectivity index (χ1) is 62.2. The van der Waals surface area contributed by atoms with E-state index in [0.29, 0.717) is 19.3 Å². The summed E-state index contributed by atoms with van der Waals surface area (Å²) in [5, 5.41) is 20.8. The lowest BCUT2D eigenvalue weighted by atomic mass is 10.0. The Morgan fingerprint density at radius 1 is 0.228 bits per heavy atom. The minimum absolute atomic E-state index is 0.0979. The number of aliphatic hydroxyl groups is 2. The van der Waals surface area contributed by atoms with Crippen molar-refractivity contribution in [1.29, 1.82) is 0 Å². The molecule has 0 aliphatic carbocycles. The molecule has 0 fully saturated rings. The van der Waals surface area contributed by atoms with Crippen LogP contribution in [0.5, 0.6) is 0 Å². The molecule has 5 atom stereocenters. The molecule has 0 radical (unpaired) electrons. The van der Waals surface area contributed by atoms with E-state index >= 15 is 0 Å². The highest BCUT2D eigenvalue weighted by Crippen LogP contribution is 2.45. The van der Waals surface area contributed by atoms with Gasteiger partial charge in [0.05, 0.1) is 26.4 Å². The Bertz CT molecular complexity index is 3040. The minimum atomic E-state index is -4.95. The van der Waals surface area contributed by atoms with Crippen LogP contribution in [0.4, 0.5) is 0 Å². The summed E-state index contributed by atoms with van der Waals surface area (Å²) in [5.41, 5.74) is 0. The molecule has 0 amide bonds. The van der Waals surface area contributed by atoms with E-state index in [-0.39, 0.29) is 19.3 Å². The summed E-state index contributed by atoms with van der Waals surface area (Å²) in [7, 11) is -9.82. The van der Waals surface area contributed by atoms with Gasteiger partial charge in [-0.3, -0.25) is 32.5 Å². The van der Waals surface area contributed by atoms with Crippen molar-refractivity contribution in [3.63, 3.8) is 0 Å². The van der Waals surface area contributed by atoms with Crippen LogP contribution in [0.25, 0.3) is 0 Å². The van der Waals surface area contributed by atoms with Gasteiger partial charge in [0, 0.05) is 19.3 Å². The highest BCUT2D eigenvalue weighted by Gasteiger charge is 2.30. The van der Waals surface area contributed by atoms with Gasteiger partial charge in [-0.15, -0.1) is 0 Å². The maximum Gasteiger partial charge on any atom is 0.472 e. The number of carbonyl (C=O) groups is 3. The number of phosphoric ester groups is 2. The number of hydrogen-bond donors (Lipinski definition) is 4. The minimum Gasteiger partial charge on any atom is -0.463 e. The zero-order chi connectivity index (χ0) is 92.1. The topological polar surface area (TPSA) is 231 Å². The lowest BCUT2D eigenvalue weighted by molar-refractivity contribution is -0.161. The molecule has 0 rings (SSSR count). The Labute approximate surface area is 776 Å². The first-order valence-corrected chi connectivity index (χ1v) is 54.1. The van der Waals surface area contributed by atoms with Crippen molar-refractivity contribution in [3.05, 3.63) is 182 Å². The van der Waals surface area contributed by atoms with E-state index in [1.807, 2.05) is 0 Å². The molecule has 0 aliphatic rings. The zero-order valence-electron chi connectivity index (χ0n) is 80.6. The number of unbranched alkanes of at least 4 members (excludes halogenated alkanes) is 43. The smallest absolute Gasteiger partial charge is 0.463 e. The third-order valence-corrected chi connectivity index (χ3v) is 23.5. The molecule has 0 aliphatic heterocycles. The van der Waals surface area contributed by atoms with Gasteiger partial charge in [-0.05, 0) is 161 Å². The number of hydrogen-bond acceptors (Lipinski definition) is 14. The fourth-order valence-electron chi connectivity index (χ4n) is 13.9. The van der Waals surface area contributed by atoms with Crippen LogP contribution >= 0.6 is 15.6 Å². The molecule has 0 aromatic rings. The van der Waals surface area contributed by atoms with E-state index in [9.17, 15) is 43.5 Å². The maximum absolute atomic E-state index is 13.1. The van der Waals surface area contributed by atoms with Gasteiger partial charge in [-0.2, -0.15) is 0 Å². The molecule has 728 valence electrons. The predicted molar refractivity (Wildman–Crippen MR) is 537 cm³/mol. The van der Waals surface area contributed by atoms with Crippen LogP contribution in [0.3, 0.4) is 0 Å². The van der Waals surface area contributed by atoms with Crippen molar-refractivity contribution in [2.24, 2.45) is 0 Å². The molecule has 16 nitrogen and oxygen atoms in total. The van der Waals surface area contributed by atoms with Gasteiger partial charge in [0.2, 0.25) is 0 Å². The third kappa shape index (κ3) is 101. The Morgan fingerprint density at radius 2 is 0.417 bits per heavy atom. The average Bonchev–Trinajstić information content (AvgIpc) is 0.899. The number of allylic oxidation sites excluding steroid dienone is 30. The molecule has 0 aromatic carbocycles. The van der Waals surface area contributed by atoms with Crippen LogP contribution in [0.1, 0.15) is 432 Å². The van der Waals surface area contributed by atoms with E-state index in [1.165, 1.54) is 205 Å². The SMILES string of the molecule is CC/C=C\C/C=C\C/C=C\C/C=C\C/C=C\C/C=C\CCCCCCCCCCCCCCCCC(=O)OCC(O)COP(=O)(O)OCC(O)COP(=O)(O)OCC(COC(=O)CCCCCCCCCCCCCCCCC/C=C\C/C=C\C/C=C\C/C=C\C/C=C\CC)OC(=O)CCCCCCCCCCCCC/C=C\C/C=C\C/C=C\C/C=C\CCCCC. The molecule has 0 heterocycles. The monoisotopic (exact) mass is 1810 g/mol. The highest BCUT2D eigenvalue weighted by atomic mass is 31.2. The fraction of sp³-hybridized carbons (Fsp3) is 0.697. The summed E-state index contributed by atoms with van der Waals surface area (Å²) in [6, 6.07) is 0. The van der Waals surface area contributed by atoms with Crippen molar-refractivity contribution in [1.82, 2.24) is 0 Å². The van der Waals surface area contributed by atoms with Gasteiger partial charge in [-0.25, -0.2) is 9.13 Å². The first kappa shape index (κ1) is 122. The number of rotatable bonds is 96. The van der Waals surface area contributed by atoms with Crippen LogP contribution in [0, 0.1) is 0 Å². The summed E-state index contributed by atoms with van der Waals surface area (Å²) in [5.74, 6) is -1.56. The van der Waals surface area contributed by atoms with Crippen LogP contribution in [-0.4, -0.2) is 95.9 Å². The fourth-order valence-corrected chi connectivity index (χ4v) is 15.5. The van der Waals surface area contributed by atoms with Gasteiger partial charge >= 0.3 is 33.6 Å². The van der Waals surface area contributed by atoms with Crippen LogP contribution < -0.4 is 0 Å². The summed E-state index contributed by atoms with van der Waals surface area (Å²) < 4.78 is 61.7. The zero-order valence-corrected chi connectivity index (χ0v) is 82.4. The van der Waals surface area contributed by atoms with Crippen molar-refractivity contribution in [2.75, 3.05) is 39.6 Å². The van der Waals surface area contributed by atoms with Crippen molar-refractivity contribution >= 4 is 33.6 Å². The van der Waals surface area contributed by atoms with E-state index < -0.39 is 91.5 Å². The maximum atomic E-state index is 13.1. The normalized spacial score (nSPS) is 14.4. The number of aliphatic hydroxyl groups excluding tert-OH is 2. The Balaban J connectivity index is 4.61. The largest absolute Gasteiger partial charge is 0.472 e. The Morgan fingerprint density at radius 3 is 0.661 bits per heavy atom. The second-order valence-corrected chi connectivity index (χ2v) is 36.8. The standard InChI is InChI=1S/C109H186O16P2/c1-4-7-10-13-16-19-22-25-28-31-34-37-40-43-46-48-50-51-53-55-57-59-62-65-68-71-74-77-80-83-86-89-92-95-107(112)119-98-104(110)99-121-126(115,116)122-100-105(111)101-123-127(117,118)124-103-106(125-109(114)97-94-91-88-85-82-79-76-73-70-67-64-61-56-45-42-39-36-33-30-27-24-21-18-15-12-9-6-3)102-120-108(113)96-93-90-87-84-81-78-75-72-69-66-63-60-58-54-52-49-47-44-41-38-35-32-29-26-23-20-17-14-11-8-5-2/h7-8,10-11,16-21,25-30,34-39,43-47,50-51,56,104-106,110-111H,4-6,9,12-15,22-24,31-33,40-42,48-49,52-55,57-103H2,1-3H3,(H,115,116)(H,117,118)/b10-7-,11-8-,19-16-,20-17-,21-18-,28-25-,29-26-,30-27-,37-34-,38-35-,39-36-,46-43-,47-44-,51-50-,56-45-. The molecule has 0 spiro atoms. The lowest BCUT2D eigenvalue weighted by Crippen LogP contribution is -2.30. The van der Waals surface area contributed by atoms with Gasteiger partial charge in [0.25, 0.3) is 0 Å². The molecule has 127 heavy (non-hydrogen) atoms. The Kier molecular flexibility index (Phi) is 95.5. The molecular weight excluding hydrogens is 1630 g/mol. The molecule has 4 N–H and O–H groups in total. The molecule has 0 saturated heterocycles. The first-order valence-electron chi connectivity index (χ1n) is 51.1. The van der Waals surface area contributed by atoms with Crippen molar-refractivity contribution < 1.29 is 75.8 Å². The van der Waals surface area contributed by atoms with Gasteiger partial charge < -0.3 is 34.2 Å². The van der Waals surface area contributed by atoms with Crippen molar-refractivity contribution in [3.8, 4) is 0 Å². The average molecular weight is 1810 g/mol. The molecular formula is C109H186O16P2. The van der Waals surface area contributed by atoms with Crippen LogP contribution in [0.2, 0.25) is 0 Å².